The highest BCUT2D eigenvalue weighted by Crippen LogP contribution is 2.19. The molecule has 0 fully saturated rings. The van der Waals surface area contributed by atoms with E-state index in [0.717, 1.165) is 0 Å². The van der Waals surface area contributed by atoms with Gasteiger partial charge in [0.1, 0.15) is 88.0 Å². The number of carbonyl (C=O) groups excluding carboxylic acids is 8. The number of aliphatic carboxylic acids is 4. The molecule has 0 heterocycles. The highest BCUT2D eigenvalue weighted by molar-refractivity contribution is 5.94. The van der Waals surface area contributed by atoms with Gasteiger partial charge in [-0.2, -0.15) is 0 Å². The zero-order chi connectivity index (χ0) is 80.7. The number of hydrogen-bond donors (Lipinski definition) is 15. The normalized spacial score (nSPS) is 14.0. The fraction of sp³-hybridized carbons (Fsp3) is 0.589. The molecule has 0 spiro atoms. The Morgan fingerprint density at radius 2 is 0.529 bits per heavy atom. The summed E-state index contributed by atoms with van der Waals surface area (Å²) in [5, 5.41) is 85.3. The quantitative estimate of drug-likeness (QED) is 0.0304. The second kappa shape index (κ2) is 43.1. The Morgan fingerprint density at radius 1 is 0.308 bits per heavy atom. The highest BCUT2D eigenvalue weighted by Gasteiger charge is 2.36. The van der Waals surface area contributed by atoms with Crippen molar-refractivity contribution in [3.63, 3.8) is 0 Å². The van der Waals surface area contributed by atoms with E-state index in [4.69, 9.17) is 24.1 Å². The van der Waals surface area contributed by atoms with Crippen molar-refractivity contribution >= 4 is 71.9 Å². The number of carbonyl (C=O) groups is 12. The van der Waals surface area contributed by atoms with Crippen LogP contribution < -0.4 is 42.5 Å². The van der Waals surface area contributed by atoms with Crippen LogP contribution in [0.5, 0.6) is 17.2 Å². The summed E-state index contributed by atoms with van der Waals surface area (Å²) in [5.41, 5.74) is -0.895. The summed E-state index contributed by atoms with van der Waals surface area (Å²) < 4.78 is 20.5. The van der Waals surface area contributed by atoms with E-state index in [0.29, 0.717) is 23.1 Å². The molecule has 0 saturated carbocycles. The summed E-state index contributed by atoms with van der Waals surface area (Å²) in [6, 6.07) is 9.78. The number of benzene rings is 3. The first kappa shape index (κ1) is 93.9. The van der Waals surface area contributed by atoms with Gasteiger partial charge >= 0.3 is 48.3 Å². The average molecular weight is 1470 g/mol. The van der Waals surface area contributed by atoms with Crippen molar-refractivity contribution in [2.24, 2.45) is 29.6 Å². The Bertz CT molecular complexity index is 3160. The van der Waals surface area contributed by atoms with E-state index in [1.54, 1.807) is 182 Å². The average Bonchev–Trinajstić information content (AvgIpc) is 0.864. The van der Waals surface area contributed by atoms with Gasteiger partial charge in [0.25, 0.3) is 0 Å². The Hall–Kier alpha value is -10.1. The van der Waals surface area contributed by atoms with Crippen molar-refractivity contribution in [2.45, 2.75) is 249 Å². The Kier molecular flexibility index (Phi) is 38.9. The third-order valence-electron chi connectivity index (χ3n) is 14.2. The van der Waals surface area contributed by atoms with Crippen molar-refractivity contribution in [2.75, 3.05) is 0 Å². The second-order valence-electron chi connectivity index (χ2n) is 30.0. The van der Waals surface area contributed by atoms with Gasteiger partial charge in [0.2, 0.25) is 23.6 Å². The van der Waals surface area contributed by atoms with Gasteiger partial charge in [-0.25, -0.2) is 38.4 Å². The molecule has 3 unspecified atom stereocenters. The van der Waals surface area contributed by atoms with Crippen LogP contribution in [-0.2, 0) is 76.6 Å². The minimum atomic E-state index is -1.20. The van der Waals surface area contributed by atoms with Crippen molar-refractivity contribution in [1.29, 1.82) is 0 Å². The summed E-state index contributed by atoms with van der Waals surface area (Å²) in [4.78, 5) is 144. The van der Waals surface area contributed by atoms with Crippen molar-refractivity contribution in [3.8, 4) is 17.2 Å². The molecule has 0 aliphatic heterocycles. The van der Waals surface area contributed by atoms with Crippen molar-refractivity contribution < 1.29 is 112 Å². The monoisotopic (exact) mass is 1470 g/mol. The molecule has 9 atom stereocenters. The topological polar surface area (TPSA) is 480 Å². The molecule has 104 heavy (non-hydrogen) atoms. The predicted octanol–water partition coefficient (Wildman–Crippen LogP) is 8.31. The number of carboxylic acids is 4. The number of carboxylic acid groups (broad SMARTS) is 4. The highest BCUT2D eigenvalue weighted by atomic mass is 16.6. The molecule has 3 aromatic carbocycles. The summed E-state index contributed by atoms with van der Waals surface area (Å²) in [5.74, 6) is -8.35. The lowest BCUT2D eigenvalue weighted by Crippen LogP contribution is -2.58. The number of phenolic OH excluding ortho intramolecular Hbond substituents is 3. The lowest BCUT2D eigenvalue weighted by atomic mass is 9.97. The zero-order valence-corrected chi connectivity index (χ0v) is 63.9. The van der Waals surface area contributed by atoms with Gasteiger partial charge < -0.3 is 97.2 Å². The summed E-state index contributed by atoms with van der Waals surface area (Å²) >= 11 is 0. The molecule has 584 valence electrons. The van der Waals surface area contributed by atoms with Crippen LogP contribution in [0.15, 0.2) is 72.8 Å². The van der Waals surface area contributed by atoms with E-state index in [2.05, 4.69) is 42.5 Å². The van der Waals surface area contributed by atoms with Gasteiger partial charge in [-0.3, -0.25) is 19.2 Å². The van der Waals surface area contributed by atoms with Crippen molar-refractivity contribution in [1.82, 2.24) is 42.5 Å². The van der Waals surface area contributed by atoms with Gasteiger partial charge in [-0.15, -0.1) is 0 Å². The lowest BCUT2D eigenvalue weighted by Gasteiger charge is -2.28. The number of nitrogens with one attached hydrogen (secondary N) is 8. The van der Waals surface area contributed by atoms with Crippen LogP contribution in [0, 0.1) is 29.6 Å². The summed E-state index contributed by atoms with van der Waals surface area (Å²) in [7, 11) is 0. The van der Waals surface area contributed by atoms with Gasteiger partial charge in [0.05, 0.1) is 0 Å². The number of aromatic hydroxyl groups is 3. The first-order chi connectivity index (χ1) is 47.5. The van der Waals surface area contributed by atoms with E-state index in [1.807, 2.05) is 6.92 Å². The molecular formula is C73H114N8O23. The van der Waals surface area contributed by atoms with E-state index in [9.17, 15) is 88.2 Å². The van der Waals surface area contributed by atoms with Crippen LogP contribution in [0.25, 0.3) is 0 Å². The Labute approximate surface area is 609 Å². The molecule has 8 amide bonds. The predicted molar refractivity (Wildman–Crippen MR) is 385 cm³/mol. The maximum atomic E-state index is 13.1. The molecule has 31 heteroatoms. The first-order valence-corrected chi connectivity index (χ1v) is 34.0. The fourth-order valence-corrected chi connectivity index (χ4v) is 8.79. The Morgan fingerprint density at radius 3 is 0.731 bits per heavy atom. The van der Waals surface area contributed by atoms with E-state index < -0.39 is 143 Å². The van der Waals surface area contributed by atoms with Gasteiger partial charge in [0, 0.05) is 19.3 Å². The standard InChI is InChI=1S/C25H39N3O7.2C19H28N2O6.C10H19NO4/c1-8-15(4)20(23(32)33)27-21(30)18(13-16-9-11-17(29)12-10-16)26-22(31)19(14(2)3)28-24(34)35-25(5,6)7;2*1-11(2)15(21-18(26)27-19(3,4)5)16(23)20-14(17(24)25)10-12-6-8-13(22)9-7-12;1-6(2)7(8(12)13)11-9(14)15-10(3,4)5/h9-12,14-15,18-20,29H,8,13H2,1-7H3,(H,26,31)(H,27,30)(H,28,34)(H,32,33);2*6-9,11,14-15,22H,10H2,1-5H3,(H,20,23)(H,21,26)(H,24,25);6-7H,1-5H3,(H,11,14)(H,12,13)/t15-,18-,19?,20-;2*14-,15?;7-/m0000/s1. The molecule has 0 aliphatic carbocycles. The summed E-state index contributed by atoms with van der Waals surface area (Å²) in [6.45, 7) is 37.9. The van der Waals surface area contributed by atoms with E-state index in [1.165, 1.54) is 36.4 Å². The van der Waals surface area contributed by atoms with E-state index in [-0.39, 0.29) is 66.1 Å². The maximum Gasteiger partial charge on any atom is 0.408 e. The largest absolute Gasteiger partial charge is 0.508 e. The zero-order valence-electron chi connectivity index (χ0n) is 63.9. The lowest BCUT2D eigenvalue weighted by molar-refractivity contribution is -0.144. The Balaban J connectivity index is 0.00000141. The molecule has 0 aliphatic rings. The maximum absolute atomic E-state index is 13.1. The third-order valence-corrected chi connectivity index (χ3v) is 14.2. The van der Waals surface area contributed by atoms with Gasteiger partial charge in [-0.05, 0) is 166 Å². The van der Waals surface area contributed by atoms with Crippen molar-refractivity contribution in [3.05, 3.63) is 89.5 Å². The second-order valence-corrected chi connectivity index (χ2v) is 30.0. The number of rotatable bonds is 28. The van der Waals surface area contributed by atoms with Gasteiger partial charge in [0.15, 0.2) is 0 Å². The summed E-state index contributed by atoms with van der Waals surface area (Å²) in [6.07, 6.45) is -2.32. The number of ether oxygens (including phenoxy) is 4. The van der Waals surface area contributed by atoms with Crippen LogP contribution >= 0.6 is 0 Å². The molecule has 15 N–H and O–H groups in total. The SMILES string of the molecule is CC(C)C(NC(=O)OC(C)(C)C)C(=O)N[C@@H](Cc1ccc(O)cc1)C(=O)O.CC(C)C(NC(=O)OC(C)(C)C)C(=O)N[C@@H](Cc1ccc(O)cc1)C(=O)O.CC(C)[C@H](NC(=O)OC(C)(C)C)C(=O)O.CC[C@H](C)[C@H](NC(=O)[C@H](Cc1ccc(O)cc1)NC(=O)C(NC(=O)OC(C)(C)C)C(C)C)C(=O)O. The van der Waals surface area contributed by atoms with Crippen LogP contribution in [0.3, 0.4) is 0 Å². The van der Waals surface area contributed by atoms with Crippen LogP contribution in [0.4, 0.5) is 19.2 Å². The van der Waals surface area contributed by atoms with Crippen LogP contribution in [0.2, 0.25) is 0 Å². The third kappa shape index (κ3) is 39.9. The molecule has 3 rings (SSSR count). The molecule has 31 nitrogen and oxygen atoms in total. The molecule has 0 radical (unpaired) electrons. The first-order valence-electron chi connectivity index (χ1n) is 34.0. The molecule has 0 aromatic heterocycles. The van der Waals surface area contributed by atoms with Gasteiger partial charge in [-0.1, -0.05) is 112 Å². The fourth-order valence-electron chi connectivity index (χ4n) is 8.79. The number of amides is 8. The minimum absolute atomic E-state index is 0.0403. The molecule has 0 bridgehead atoms. The van der Waals surface area contributed by atoms with Crippen LogP contribution in [0.1, 0.15) is 175 Å². The minimum Gasteiger partial charge on any atom is -0.508 e. The number of hydrogen-bond acceptors (Lipinski definition) is 19. The molecular weight excluding hydrogens is 1360 g/mol. The molecule has 3 aromatic rings. The number of alkyl carbamates (subject to hydrolysis) is 4. The number of phenols is 3. The smallest absolute Gasteiger partial charge is 0.408 e. The molecule has 0 saturated heterocycles. The van der Waals surface area contributed by atoms with Crippen LogP contribution in [-0.4, -0.2) is 178 Å². The van der Waals surface area contributed by atoms with E-state index >= 15 is 0 Å².